The van der Waals surface area contributed by atoms with E-state index in [-0.39, 0.29) is 11.3 Å². The molecule has 0 radical (unpaired) electrons. The Morgan fingerprint density at radius 2 is 1.56 bits per heavy atom. The number of Topliss-reactive ketones (excluding diaryl/α,β-unsaturated/α-hetero) is 1. The Balaban J connectivity index is 1.76. The summed E-state index contributed by atoms with van der Waals surface area (Å²) in [5.41, 5.74) is 1.58. The van der Waals surface area contributed by atoms with Crippen molar-refractivity contribution in [3.8, 4) is 6.07 Å². The lowest BCUT2D eigenvalue weighted by Gasteiger charge is -2.25. The molecule has 6 heteroatoms. The Morgan fingerprint density at radius 3 is 2.26 bits per heavy atom. The number of amides is 1. The van der Waals surface area contributed by atoms with Crippen LogP contribution in [0.1, 0.15) is 22.7 Å². The van der Waals surface area contributed by atoms with E-state index in [4.69, 9.17) is 5.26 Å². The quantitative estimate of drug-likeness (QED) is 0.256. The van der Waals surface area contributed by atoms with Gasteiger partial charge in [0.1, 0.15) is 11.6 Å². The number of nitriles is 1. The lowest BCUT2D eigenvalue weighted by atomic mass is 9.93. The van der Waals surface area contributed by atoms with E-state index in [1.807, 2.05) is 36.4 Å². The molecule has 1 saturated heterocycles. The van der Waals surface area contributed by atoms with Crippen LogP contribution in [0, 0.1) is 17.1 Å². The highest BCUT2D eigenvalue weighted by Gasteiger charge is 2.47. The molecule has 1 aliphatic heterocycles. The number of hydrogen-bond acceptors (Lipinski definition) is 4. The van der Waals surface area contributed by atoms with Crippen LogP contribution in [-0.2, 0) is 9.59 Å². The molecule has 1 atom stereocenters. The fraction of sp³-hybridized carbons (Fsp3) is 0.0357. The number of ketones is 1. The molecule has 1 fully saturated rings. The molecule has 0 saturated carbocycles. The second kappa shape index (κ2) is 8.30. The topological polar surface area (TPSA) is 81.4 Å². The van der Waals surface area contributed by atoms with Crippen molar-refractivity contribution in [1.82, 2.24) is 0 Å². The van der Waals surface area contributed by atoms with E-state index in [1.54, 1.807) is 36.4 Å². The minimum Gasteiger partial charge on any atom is -0.507 e. The first kappa shape index (κ1) is 21.1. The largest absolute Gasteiger partial charge is 0.507 e. The van der Waals surface area contributed by atoms with E-state index < -0.39 is 23.5 Å². The van der Waals surface area contributed by atoms with Crippen LogP contribution in [0.2, 0.25) is 0 Å². The van der Waals surface area contributed by atoms with Gasteiger partial charge >= 0.3 is 0 Å². The Kier molecular flexibility index (Phi) is 5.15. The van der Waals surface area contributed by atoms with Crippen molar-refractivity contribution in [3.05, 3.63) is 119 Å². The van der Waals surface area contributed by atoms with Crippen molar-refractivity contribution < 1.29 is 19.1 Å². The molecule has 5 nitrogen and oxygen atoms in total. The van der Waals surface area contributed by atoms with Crippen molar-refractivity contribution in [1.29, 1.82) is 5.26 Å². The Hall–Kier alpha value is -4.76. The van der Waals surface area contributed by atoms with Gasteiger partial charge in [-0.05, 0) is 52.7 Å². The molecule has 5 rings (SSSR count). The van der Waals surface area contributed by atoms with Crippen molar-refractivity contribution >= 4 is 33.9 Å². The average molecular weight is 448 g/mol. The van der Waals surface area contributed by atoms with E-state index in [2.05, 4.69) is 0 Å². The molecular formula is C28H17FN2O3. The summed E-state index contributed by atoms with van der Waals surface area (Å²) in [7, 11) is 0. The van der Waals surface area contributed by atoms with Gasteiger partial charge in [-0.1, -0.05) is 54.6 Å². The van der Waals surface area contributed by atoms with Crippen LogP contribution in [0.15, 0.2) is 96.6 Å². The Labute approximate surface area is 194 Å². The van der Waals surface area contributed by atoms with Gasteiger partial charge in [0.15, 0.2) is 0 Å². The highest BCUT2D eigenvalue weighted by molar-refractivity contribution is 6.51. The SMILES string of the molecule is N#Cc1ccc(N2C(=O)C(=O)/C(=C(\O)c3cccc4ccccc34)C2c2ccc(F)cc2)cc1. The Morgan fingerprint density at radius 1 is 0.882 bits per heavy atom. The van der Waals surface area contributed by atoms with Gasteiger partial charge in [0.05, 0.1) is 23.2 Å². The van der Waals surface area contributed by atoms with Gasteiger partial charge < -0.3 is 5.11 Å². The number of carbonyl (C=O) groups excluding carboxylic acids is 2. The summed E-state index contributed by atoms with van der Waals surface area (Å²) in [6, 6.07) is 25.5. The van der Waals surface area contributed by atoms with Gasteiger partial charge in [-0.25, -0.2) is 4.39 Å². The standard InChI is InChI=1S/C28H17FN2O3/c29-20-12-10-19(11-13-20)25-24(26(32)23-7-3-5-18-4-1-2-6-22(18)23)27(33)28(34)31(25)21-14-8-17(16-30)9-15-21/h1-15,25,32H/b26-24-. The number of rotatable bonds is 3. The smallest absolute Gasteiger partial charge is 0.300 e. The normalized spacial score (nSPS) is 17.2. The maximum Gasteiger partial charge on any atom is 0.300 e. The van der Waals surface area contributed by atoms with Gasteiger partial charge in [-0.2, -0.15) is 5.26 Å². The number of benzene rings is 4. The fourth-order valence-corrected chi connectivity index (χ4v) is 4.33. The van der Waals surface area contributed by atoms with Crippen molar-refractivity contribution in [2.75, 3.05) is 4.90 Å². The zero-order valence-corrected chi connectivity index (χ0v) is 17.8. The van der Waals surface area contributed by atoms with E-state index in [0.717, 1.165) is 10.8 Å². The van der Waals surface area contributed by atoms with Crippen LogP contribution in [0.5, 0.6) is 0 Å². The highest BCUT2D eigenvalue weighted by Crippen LogP contribution is 2.43. The predicted molar refractivity (Wildman–Crippen MR) is 126 cm³/mol. The third-order valence-electron chi connectivity index (χ3n) is 5.95. The third kappa shape index (κ3) is 3.40. The summed E-state index contributed by atoms with van der Waals surface area (Å²) in [5, 5.41) is 22.1. The van der Waals surface area contributed by atoms with E-state index in [1.165, 1.54) is 29.2 Å². The van der Waals surface area contributed by atoms with Crippen LogP contribution in [0.25, 0.3) is 16.5 Å². The summed E-state index contributed by atoms with van der Waals surface area (Å²) in [6.07, 6.45) is 0. The van der Waals surface area contributed by atoms with Gasteiger partial charge in [0.2, 0.25) is 0 Å². The molecule has 0 spiro atoms. The summed E-state index contributed by atoms with van der Waals surface area (Å²) in [5.74, 6) is -2.43. The molecule has 1 aliphatic rings. The molecule has 1 amide bonds. The fourth-order valence-electron chi connectivity index (χ4n) is 4.33. The first-order valence-corrected chi connectivity index (χ1v) is 10.5. The van der Waals surface area contributed by atoms with Crippen molar-refractivity contribution in [3.63, 3.8) is 0 Å². The number of aliphatic hydroxyl groups is 1. The van der Waals surface area contributed by atoms with Crippen molar-refractivity contribution in [2.45, 2.75) is 6.04 Å². The highest BCUT2D eigenvalue weighted by atomic mass is 19.1. The first-order valence-electron chi connectivity index (χ1n) is 10.5. The second-order valence-electron chi connectivity index (χ2n) is 7.91. The summed E-state index contributed by atoms with van der Waals surface area (Å²) in [4.78, 5) is 27.8. The summed E-state index contributed by atoms with van der Waals surface area (Å²) >= 11 is 0. The molecule has 34 heavy (non-hydrogen) atoms. The van der Waals surface area contributed by atoms with E-state index in [0.29, 0.717) is 22.4 Å². The van der Waals surface area contributed by atoms with Gasteiger partial charge in [-0.3, -0.25) is 14.5 Å². The number of fused-ring (bicyclic) bond motifs is 1. The number of carbonyl (C=O) groups is 2. The minimum atomic E-state index is -0.979. The minimum absolute atomic E-state index is 0.0858. The maximum atomic E-state index is 13.7. The zero-order valence-electron chi connectivity index (χ0n) is 17.8. The molecule has 1 unspecified atom stereocenters. The average Bonchev–Trinajstić information content (AvgIpc) is 3.14. The van der Waals surface area contributed by atoms with Crippen LogP contribution in [0.3, 0.4) is 0 Å². The zero-order chi connectivity index (χ0) is 23.8. The molecule has 0 aliphatic carbocycles. The number of halogens is 1. The first-order chi connectivity index (χ1) is 16.5. The second-order valence-corrected chi connectivity index (χ2v) is 7.91. The third-order valence-corrected chi connectivity index (χ3v) is 5.95. The number of nitrogens with zero attached hydrogens (tertiary/aromatic N) is 2. The Bertz CT molecular complexity index is 1510. The molecule has 164 valence electrons. The van der Waals surface area contributed by atoms with Crippen LogP contribution >= 0.6 is 0 Å². The predicted octanol–water partition coefficient (Wildman–Crippen LogP) is 5.48. The van der Waals surface area contributed by atoms with Crippen LogP contribution in [0.4, 0.5) is 10.1 Å². The lowest BCUT2D eigenvalue weighted by molar-refractivity contribution is -0.132. The summed E-state index contributed by atoms with van der Waals surface area (Å²) in [6.45, 7) is 0. The van der Waals surface area contributed by atoms with Crippen LogP contribution in [-0.4, -0.2) is 16.8 Å². The van der Waals surface area contributed by atoms with Crippen LogP contribution < -0.4 is 4.90 Å². The van der Waals surface area contributed by atoms with E-state index in [9.17, 15) is 19.1 Å². The molecule has 0 aromatic heterocycles. The van der Waals surface area contributed by atoms with Gasteiger partial charge in [-0.15, -0.1) is 0 Å². The van der Waals surface area contributed by atoms with E-state index >= 15 is 0 Å². The molecule has 1 N–H and O–H groups in total. The molecule has 4 aromatic carbocycles. The number of aliphatic hydroxyl groups excluding tert-OH is 1. The van der Waals surface area contributed by atoms with Crippen molar-refractivity contribution in [2.24, 2.45) is 0 Å². The summed E-state index contributed by atoms with van der Waals surface area (Å²) < 4.78 is 13.7. The molecule has 4 aromatic rings. The molecule has 1 heterocycles. The number of anilines is 1. The molecular weight excluding hydrogens is 431 g/mol. The number of hydrogen-bond donors (Lipinski definition) is 1. The van der Waals surface area contributed by atoms with Gasteiger partial charge in [0.25, 0.3) is 11.7 Å². The molecule has 0 bridgehead atoms. The maximum absolute atomic E-state index is 13.7. The van der Waals surface area contributed by atoms with Gasteiger partial charge in [0, 0.05) is 11.3 Å². The monoisotopic (exact) mass is 448 g/mol. The lowest BCUT2D eigenvalue weighted by Crippen LogP contribution is -2.29.